The number of rotatable bonds is 9. The molecule has 0 saturated heterocycles. The molecule has 4 rings (SSSR count). The van der Waals surface area contributed by atoms with Gasteiger partial charge in [-0.1, -0.05) is 35.3 Å². The third kappa shape index (κ3) is 5.85. The maximum atomic E-state index is 12.9. The number of nitrogens with zero attached hydrogens (tertiary/aromatic N) is 1. The number of ether oxygens (including phenoxy) is 5. The van der Waals surface area contributed by atoms with E-state index < -0.39 is 11.9 Å². The largest absolute Gasteiger partial charge is 0.491 e. The fraction of sp³-hybridized carbons (Fsp3) is 0.241. The third-order valence-electron chi connectivity index (χ3n) is 5.82. The minimum atomic E-state index is -0.678. The van der Waals surface area contributed by atoms with Gasteiger partial charge >= 0.3 is 5.97 Å². The van der Waals surface area contributed by atoms with Crippen LogP contribution < -0.4 is 29.4 Å². The van der Waals surface area contributed by atoms with Gasteiger partial charge in [-0.3, -0.25) is 0 Å². The molecule has 0 radical (unpaired) electrons. The summed E-state index contributed by atoms with van der Waals surface area (Å²) < 4.78 is 28.2. The first-order chi connectivity index (χ1) is 18.8. The van der Waals surface area contributed by atoms with Crippen LogP contribution in [0.1, 0.15) is 48.2 Å². The van der Waals surface area contributed by atoms with E-state index in [1.165, 1.54) is 18.2 Å². The van der Waals surface area contributed by atoms with E-state index in [4.69, 9.17) is 52.6 Å². The van der Waals surface area contributed by atoms with Crippen LogP contribution in [0.4, 0.5) is 0 Å². The van der Waals surface area contributed by atoms with Crippen LogP contribution in [0.25, 0.3) is 0 Å². The Kier molecular flexibility index (Phi) is 8.75. The van der Waals surface area contributed by atoms with Gasteiger partial charge in [0.25, 0.3) is 0 Å². The van der Waals surface area contributed by atoms with Gasteiger partial charge in [0.05, 0.1) is 41.3 Å². The summed E-state index contributed by atoms with van der Waals surface area (Å²) in [6.07, 6.45) is 0. The van der Waals surface area contributed by atoms with Crippen molar-refractivity contribution < 1.29 is 28.5 Å². The van der Waals surface area contributed by atoms with E-state index in [2.05, 4.69) is 6.07 Å². The van der Waals surface area contributed by atoms with Crippen molar-refractivity contribution in [2.24, 2.45) is 5.73 Å². The van der Waals surface area contributed by atoms with Crippen molar-refractivity contribution in [1.82, 2.24) is 0 Å². The van der Waals surface area contributed by atoms with Crippen LogP contribution in [0.2, 0.25) is 10.0 Å². The summed E-state index contributed by atoms with van der Waals surface area (Å²) >= 11 is 12.5. The highest BCUT2D eigenvalue weighted by molar-refractivity contribution is 6.37. The van der Waals surface area contributed by atoms with Gasteiger partial charge in [-0.2, -0.15) is 5.26 Å². The van der Waals surface area contributed by atoms with Crippen molar-refractivity contribution >= 4 is 29.2 Å². The van der Waals surface area contributed by atoms with Crippen LogP contribution in [0.5, 0.6) is 28.7 Å². The molecule has 1 atom stereocenters. The Labute approximate surface area is 236 Å². The summed E-state index contributed by atoms with van der Waals surface area (Å²) in [5, 5.41) is 10.3. The number of fused-ring (bicyclic) bond motifs is 1. The lowest BCUT2D eigenvalue weighted by Crippen LogP contribution is -2.21. The minimum Gasteiger partial charge on any atom is -0.491 e. The maximum absolute atomic E-state index is 12.9. The second kappa shape index (κ2) is 12.2. The van der Waals surface area contributed by atoms with E-state index in [1.54, 1.807) is 25.1 Å². The molecule has 1 unspecified atom stereocenters. The third-order valence-corrected chi connectivity index (χ3v) is 6.39. The van der Waals surface area contributed by atoms with Crippen molar-refractivity contribution in [3.63, 3.8) is 0 Å². The van der Waals surface area contributed by atoms with Gasteiger partial charge in [0, 0.05) is 11.6 Å². The van der Waals surface area contributed by atoms with Crippen LogP contribution in [0.15, 0.2) is 60.0 Å². The van der Waals surface area contributed by atoms with Crippen LogP contribution in [-0.4, -0.2) is 25.8 Å². The quantitative estimate of drug-likeness (QED) is 0.226. The van der Waals surface area contributed by atoms with Gasteiger partial charge in [-0.15, -0.1) is 0 Å². The molecule has 0 amide bonds. The second-order valence-electron chi connectivity index (χ2n) is 8.29. The van der Waals surface area contributed by atoms with Gasteiger partial charge in [-0.25, -0.2) is 4.79 Å². The smallest absolute Gasteiger partial charge is 0.343 e. The van der Waals surface area contributed by atoms with Crippen molar-refractivity contribution in [2.45, 2.75) is 26.7 Å². The molecule has 8 nitrogen and oxygen atoms in total. The fourth-order valence-electron chi connectivity index (χ4n) is 4.22. The number of allylic oxidation sites excluding steroid dienone is 1. The first-order valence-electron chi connectivity index (χ1n) is 12.3. The van der Waals surface area contributed by atoms with Crippen LogP contribution in [0, 0.1) is 11.3 Å². The van der Waals surface area contributed by atoms with Gasteiger partial charge in [0.15, 0.2) is 17.2 Å². The summed E-state index contributed by atoms with van der Waals surface area (Å²) in [6.45, 7) is 6.85. The predicted molar refractivity (Wildman–Crippen MR) is 147 cm³/mol. The number of nitrogens with two attached hydrogens (primary N) is 1. The first-order valence-corrected chi connectivity index (χ1v) is 13.0. The summed E-state index contributed by atoms with van der Waals surface area (Å²) in [6, 6.07) is 15.4. The van der Waals surface area contributed by atoms with Gasteiger partial charge < -0.3 is 29.4 Å². The molecule has 0 fully saturated rings. The standard InChI is InChI=1S/C29H26Cl2N2O6/c1-4-35-23-10-7-16(13-25(23)36-5-2)26-19-9-8-18(14-24(19)39-28(33)20(26)15-32)38-29(34)17-11-21(30)27(37-6-3)22(31)12-17/h7-14,26H,4-6,33H2,1-3H3. The SMILES string of the molecule is CCOc1ccc(C2C(C#N)=C(N)Oc3cc(OC(=O)c4cc(Cl)c(OCC)c(Cl)c4)ccc32)cc1OCC. The van der Waals surface area contributed by atoms with E-state index in [-0.39, 0.29) is 32.8 Å². The van der Waals surface area contributed by atoms with Crippen LogP contribution in [0.3, 0.4) is 0 Å². The highest BCUT2D eigenvalue weighted by Crippen LogP contribution is 2.45. The highest BCUT2D eigenvalue weighted by Gasteiger charge is 2.32. The fourth-order valence-corrected chi connectivity index (χ4v) is 4.81. The Morgan fingerprint density at radius 3 is 2.26 bits per heavy atom. The van der Waals surface area contributed by atoms with E-state index in [1.807, 2.05) is 26.0 Å². The molecule has 39 heavy (non-hydrogen) atoms. The molecule has 10 heteroatoms. The molecule has 0 aromatic heterocycles. The Hall–Kier alpha value is -4.06. The van der Waals surface area contributed by atoms with Gasteiger partial charge in [-0.05, 0) is 56.7 Å². The summed E-state index contributed by atoms with van der Waals surface area (Å²) in [5.41, 5.74) is 7.97. The first kappa shape index (κ1) is 28.0. The molecule has 0 bridgehead atoms. The second-order valence-corrected chi connectivity index (χ2v) is 9.10. The normalized spacial score (nSPS) is 14.1. The van der Waals surface area contributed by atoms with Gasteiger partial charge in [0.1, 0.15) is 23.1 Å². The molecular weight excluding hydrogens is 543 g/mol. The maximum Gasteiger partial charge on any atom is 0.343 e. The Bertz CT molecular complexity index is 1460. The van der Waals surface area contributed by atoms with Crippen molar-refractivity contribution in [3.8, 4) is 34.8 Å². The van der Waals surface area contributed by atoms with Crippen molar-refractivity contribution in [1.29, 1.82) is 5.26 Å². The molecule has 3 aromatic rings. The van der Waals surface area contributed by atoms with E-state index in [0.29, 0.717) is 48.4 Å². The zero-order chi connectivity index (χ0) is 28.1. The van der Waals surface area contributed by atoms with Crippen molar-refractivity contribution in [3.05, 3.63) is 86.7 Å². The summed E-state index contributed by atoms with van der Waals surface area (Å²) in [5.74, 6) is 0.732. The number of esters is 1. The highest BCUT2D eigenvalue weighted by atomic mass is 35.5. The number of hydrogen-bond donors (Lipinski definition) is 1. The molecule has 1 aliphatic heterocycles. The molecule has 2 N–H and O–H groups in total. The van der Waals surface area contributed by atoms with Gasteiger partial charge in [0.2, 0.25) is 5.88 Å². The molecular formula is C29H26Cl2N2O6. The Morgan fingerprint density at radius 2 is 1.62 bits per heavy atom. The summed E-state index contributed by atoms with van der Waals surface area (Å²) in [4.78, 5) is 12.9. The minimum absolute atomic E-state index is 0.0459. The number of carbonyl (C=O) groups is 1. The van der Waals surface area contributed by atoms with Crippen molar-refractivity contribution in [2.75, 3.05) is 19.8 Å². The molecule has 1 heterocycles. The Balaban J connectivity index is 1.67. The molecule has 202 valence electrons. The predicted octanol–water partition coefficient (Wildman–Crippen LogP) is 6.63. The van der Waals surface area contributed by atoms with E-state index >= 15 is 0 Å². The zero-order valence-corrected chi connectivity index (χ0v) is 23.1. The molecule has 1 aliphatic rings. The molecule has 0 aliphatic carbocycles. The molecule has 3 aromatic carbocycles. The number of nitriles is 1. The lowest BCUT2D eigenvalue weighted by atomic mass is 9.83. The zero-order valence-electron chi connectivity index (χ0n) is 21.5. The average Bonchev–Trinajstić information content (AvgIpc) is 2.91. The average molecular weight is 569 g/mol. The Morgan fingerprint density at radius 1 is 0.949 bits per heavy atom. The monoisotopic (exact) mass is 568 g/mol. The van der Waals surface area contributed by atoms with E-state index in [0.717, 1.165) is 5.56 Å². The van der Waals surface area contributed by atoms with Crippen LogP contribution >= 0.6 is 23.2 Å². The number of benzene rings is 3. The van der Waals surface area contributed by atoms with E-state index in [9.17, 15) is 10.1 Å². The molecule has 0 spiro atoms. The topological polar surface area (TPSA) is 113 Å². The number of halogens is 2. The molecule has 0 saturated carbocycles. The number of carbonyl (C=O) groups excluding carboxylic acids is 1. The lowest BCUT2D eigenvalue weighted by molar-refractivity contribution is 0.0734. The van der Waals surface area contributed by atoms with Crippen LogP contribution in [-0.2, 0) is 0 Å². The lowest BCUT2D eigenvalue weighted by Gasteiger charge is -2.27. The summed E-state index contributed by atoms with van der Waals surface area (Å²) in [7, 11) is 0. The number of hydrogen-bond acceptors (Lipinski definition) is 8.